The Hall–Kier alpha value is -2.74. The molecular weight excluding hydrogens is 719 g/mol. The molecule has 0 spiro atoms. The van der Waals surface area contributed by atoms with Crippen LogP contribution in [0.25, 0.3) is 43.8 Å². The zero-order valence-electron chi connectivity index (χ0n) is 28.5. The van der Waals surface area contributed by atoms with Gasteiger partial charge in [0.25, 0.3) is 0 Å². The van der Waals surface area contributed by atoms with Gasteiger partial charge in [0.05, 0.1) is 0 Å². The van der Waals surface area contributed by atoms with E-state index < -0.39 is 20.8 Å². The van der Waals surface area contributed by atoms with E-state index in [1.165, 1.54) is 80.6 Å². The summed E-state index contributed by atoms with van der Waals surface area (Å²) in [5.74, 6) is 0. The molecule has 0 fully saturated rings. The third-order valence-electron chi connectivity index (χ3n) is 8.10. The van der Waals surface area contributed by atoms with Crippen LogP contribution in [0.1, 0.15) is 49.7 Å². The fourth-order valence-electron chi connectivity index (χ4n) is 5.84. The van der Waals surface area contributed by atoms with E-state index >= 15 is 0 Å². The Morgan fingerprint density at radius 1 is 0.583 bits per heavy atom. The van der Waals surface area contributed by atoms with Crippen LogP contribution in [0.5, 0.6) is 0 Å². The molecular formula is C44H48Cl2SiZr. The molecule has 0 nitrogen and oxygen atoms in total. The van der Waals surface area contributed by atoms with Crippen LogP contribution in [-0.2, 0) is 33.7 Å². The number of unbranched alkanes of at least 4 members (excludes halogenated alkanes) is 4. The van der Waals surface area contributed by atoms with Crippen LogP contribution in [0.2, 0.25) is 13.1 Å². The van der Waals surface area contributed by atoms with Crippen molar-refractivity contribution in [3.05, 3.63) is 158 Å². The average molecular weight is 767 g/mol. The molecule has 0 heterocycles. The summed E-state index contributed by atoms with van der Waals surface area (Å²) in [5.41, 5.74) is 8.18. The molecule has 4 heteroatoms. The van der Waals surface area contributed by atoms with Gasteiger partial charge in [-0.1, -0.05) is 132 Å². The van der Waals surface area contributed by atoms with Crippen molar-refractivity contribution in [2.75, 3.05) is 0 Å². The summed E-state index contributed by atoms with van der Waals surface area (Å²) in [6, 6.07) is 43.9. The van der Waals surface area contributed by atoms with Crippen molar-refractivity contribution < 1.29 is 20.8 Å². The molecule has 6 aromatic rings. The maximum absolute atomic E-state index is 4.93. The molecule has 0 saturated carbocycles. The second kappa shape index (κ2) is 23.6. The van der Waals surface area contributed by atoms with E-state index in [4.69, 9.17) is 17.0 Å². The van der Waals surface area contributed by atoms with Crippen molar-refractivity contribution in [1.82, 2.24) is 0 Å². The first-order valence-corrected chi connectivity index (χ1v) is 25.2. The van der Waals surface area contributed by atoms with Gasteiger partial charge in [-0.25, -0.2) is 0 Å². The molecule has 2 radical (unpaired) electrons. The van der Waals surface area contributed by atoms with Gasteiger partial charge in [0.2, 0.25) is 0 Å². The standard InChI is InChI=1S/2C21H21.C2H6Si.2ClH.Zr/c2*1-2-3-4-6-12-18-13-9-14-19-15-20(16-21(18)19)17-10-7-5-8-11-17;1-3-2;;;/h2*2,5,7-11,13-16H,1,3-4,6,12H2;1-2H3;2*1H;/q2*-1;;;;+4/p-2. The van der Waals surface area contributed by atoms with Crippen molar-refractivity contribution >= 4 is 48.1 Å². The monoisotopic (exact) mass is 764 g/mol. The fourth-order valence-corrected chi connectivity index (χ4v) is 5.84. The quantitative estimate of drug-likeness (QED) is 0.0504. The van der Waals surface area contributed by atoms with Gasteiger partial charge in [0.15, 0.2) is 0 Å². The van der Waals surface area contributed by atoms with Gasteiger partial charge < -0.3 is 0 Å². The predicted octanol–water partition coefficient (Wildman–Crippen LogP) is 14.4. The van der Waals surface area contributed by atoms with Crippen LogP contribution in [0.3, 0.4) is 0 Å². The first-order valence-electron chi connectivity index (χ1n) is 16.8. The first-order chi connectivity index (χ1) is 23.6. The molecule has 0 bridgehead atoms. The number of fused-ring (bicyclic) bond motifs is 2. The number of hydrogen-bond acceptors (Lipinski definition) is 0. The Morgan fingerprint density at radius 2 is 0.958 bits per heavy atom. The summed E-state index contributed by atoms with van der Waals surface area (Å²) >= 11 is -0.826. The van der Waals surface area contributed by atoms with Crippen LogP contribution >= 0.6 is 17.0 Å². The minimum atomic E-state index is -0.826. The van der Waals surface area contributed by atoms with Crippen LogP contribution < -0.4 is 0 Å². The van der Waals surface area contributed by atoms with Gasteiger partial charge in [-0.2, -0.15) is 0 Å². The summed E-state index contributed by atoms with van der Waals surface area (Å²) in [5, 5.41) is 5.54. The molecule has 0 N–H and O–H groups in total. The molecule has 0 amide bonds. The third-order valence-corrected chi connectivity index (χ3v) is 8.10. The molecule has 0 atom stereocenters. The SMILES string of the molecule is C=CCCCCc1cccc2[cH-]c(-c3ccccc3)cc12.C=CCCCCc1cccc2[cH-]c(-c3ccccc3)cc12.C[Si]C.[Cl][Zr+2][Cl]. The van der Waals surface area contributed by atoms with Crippen LogP contribution in [-0.4, -0.2) is 9.52 Å². The normalized spacial score (nSPS) is 10.1. The summed E-state index contributed by atoms with van der Waals surface area (Å²) in [7, 11) is 11.0. The minimum absolute atomic E-state index is 0.826. The summed E-state index contributed by atoms with van der Waals surface area (Å²) < 4.78 is 0. The van der Waals surface area contributed by atoms with Gasteiger partial charge in [-0.3, -0.25) is 0 Å². The van der Waals surface area contributed by atoms with E-state index in [1.54, 1.807) is 0 Å². The Kier molecular flexibility index (Phi) is 19.5. The number of halogens is 2. The Balaban J connectivity index is 0.000000224. The molecule has 48 heavy (non-hydrogen) atoms. The maximum atomic E-state index is 4.93. The number of benzene rings is 4. The van der Waals surface area contributed by atoms with Crippen molar-refractivity contribution in [3.63, 3.8) is 0 Å². The number of allylic oxidation sites excluding steroid dienone is 2. The van der Waals surface area contributed by atoms with E-state index in [9.17, 15) is 0 Å². The van der Waals surface area contributed by atoms with Crippen molar-refractivity contribution in [2.45, 2.75) is 64.5 Å². The van der Waals surface area contributed by atoms with E-state index in [0.29, 0.717) is 0 Å². The molecule has 0 aliphatic rings. The molecule has 0 unspecified atom stereocenters. The van der Waals surface area contributed by atoms with E-state index in [-0.39, 0.29) is 0 Å². The predicted molar refractivity (Wildman–Crippen MR) is 215 cm³/mol. The third kappa shape index (κ3) is 12.9. The first kappa shape index (κ1) is 39.7. The average Bonchev–Trinajstić information content (AvgIpc) is 3.77. The summed E-state index contributed by atoms with van der Waals surface area (Å²) in [6.07, 6.45) is 13.5. The molecule has 246 valence electrons. The second-order valence-electron chi connectivity index (χ2n) is 11.7. The van der Waals surface area contributed by atoms with Crippen LogP contribution in [0, 0.1) is 0 Å². The number of rotatable bonds is 12. The summed E-state index contributed by atoms with van der Waals surface area (Å²) in [6.45, 7) is 11.9. The molecule has 6 aromatic carbocycles. The van der Waals surface area contributed by atoms with E-state index in [0.717, 1.165) is 35.2 Å². The van der Waals surface area contributed by atoms with Gasteiger partial charge in [-0.05, 0) is 51.4 Å². The van der Waals surface area contributed by atoms with Gasteiger partial charge >= 0.3 is 37.9 Å². The molecule has 6 rings (SSSR count). The zero-order chi connectivity index (χ0) is 34.4. The Labute approximate surface area is 311 Å². The second-order valence-corrected chi connectivity index (χ2v) is 16.4. The van der Waals surface area contributed by atoms with Crippen LogP contribution in [0.15, 0.2) is 147 Å². The Bertz CT molecular complexity index is 1620. The Morgan fingerprint density at radius 3 is 1.31 bits per heavy atom. The van der Waals surface area contributed by atoms with Gasteiger partial charge in [0, 0.05) is 9.52 Å². The van der Waals surface area contributed by atoms with E-state index in [1.807, 2.05) is 12.2 Å². The molecule has 0 aromatic heterocycles. The number of aryl methyl sites for hydroxylation is 2. The topological polar surface area (TPSA) is 0 Å². The summed E-state index contributed by atoms with van der Waals surface area (Å²) in [4.78, 5) is 0. The molecule has 0 aliphatic carbocycles. The van der Waals surface area contributed by atoms with Crippen molar-refractivity contribution in [3.8, 4) is 22.3 Å². The molecule has 0 saturated heterocycles. The number of hydrogen-bond donors (Lipinski definition) is 0. The fraction of sp³-hybridized carbons (Fsp3) is 0.227. The van der Waals surface area contributed by atoms with E-state index in [2.05, 4.69) is 148 Å². The van der Waals surface area contributed by atoms with Gasteiger partial charge in [0.1, 0.15) is 0 Å². The van der Waals surface area contributed by atoms with Crippen LogP contribution in [0.4, 0.5) is 0 Å². The van der Waals surface area contributed by atoms with Crippen molar-refractivity contribution in [1.29, 1.82) is 0 Å². The molecule has 0 aliphatic heterocycles. The zero-order valence-corrected chi connectivity index (χ0v) is 33.5. The van der Waals surface area contributed by atoms with Gasteiger partial charge in [-0.15, -0.1) is 82.2 Å². The van der Waals surface area contributed by atoms with Crippen molar-refractivity contribution in [2.24, 2.45) is 0 Å².